The Balaban J connectivity index is 1.83. The number of halogens is 1. The molecule has 0 heterocycles. The zero-order chi connectivity index (χ0) is 13.5. The molecule has 0 aliphatic carbocycles. The fourth-order valence-corrected chi connectivity index (χ4v) is 2.18. The third kappa shape index (κ3) is 4.52. The van der Waals surface area contributed by atoms with Crippen LogP contribution in [0.5, 0.6) is 0 Å². The predicted octanol–water partition coefficient (Wildman–Crippen LogP) is 4.15. The van der Waals surface area contributed by atoms with Gasteiger partial charge in [-0.15, -0.1) is 0 Å². The fourth-order valence-electron chi connectivity index (χ4n) is 1.80. The highest BCUT2D eigenvalue weighted by Gasteiger charge is 2.03. The van der Waals surface area contributed by atoms with Crippen molar-refractivity contribution in [2.24, 2.45) is 0 Å². The Kier molecular flexibility index (Phi) is 5.16. The molecule has 2 rings (SSSR count). The van der Waals surface area contributed by atoms with Gasteiger partial charge < -0.3 is 5.32 Å². The maximum atomic E-state index is 11.8. The molecule has 0 unspecified atom stereocenters. The molecule has 0 radical (unpaired) electrons. The molecule has 0 fully saturated rings. The quantitative estimate of drug-likeness (QED) is 0.824. The molecule has 2 nitrogen and oxygen atoms in total. The van der Waals surface area contributed by atoms with E-state index < -0.39 is 0 Å². The second kappa shape index (κ2) is 7.10. The minimum absolute atomic E-state index is 0.0513. The van der Waals surface area contributed by atoms with Crippen LogP contribution in [0, 0.1) is 0 Å². The molecule has 0 bridgehead atoms. The maximum absolute atomic E-state index is 11.8. The molecule has 19 heavy (non-hydrogen) atoms. The van der Waals surface area contributed by atoms with Gasteiger partial charge in [0.2, 0.25) is 5.91 Å². The molecule has 2 aromatic rings. The topological polar surface area (TPSA) is 29.1 Å². The van der Waals surface area contributed by atoms with Crippen LogP contribution in [0.3, 0.4) is 0 Å². The normalized spacial score (nSPS) is 10.2. The Morgan fingerprint density at radius 1 is 0.947 bits per heavy atom. The molecule has 2 aromatic carbocycles. The lowest BCUT2D eigenvalue weighted by Crippen LogP contribution is -2.12. The highest BCUT2D eigenvalue weighted by atomic mass is 79.9. The Morgan fingerprint density at radius 3 is 2.26 bits per heavy atom. The standard InChI is InChI=1S/C16H16BrNO/c17-12-14-6-9-15(10-7-14)18-16(19)11-8-13-4-2-1-3-5-13/h1-7,9-10H,8,11-12H2,(H,18,19). The van der Waals surface area contributed by atoms with E-state index in [0.29, 0.717) is 6.42 Å². The van der Waals surface area contributed by atoms with Gasteiger partial charge >= 0.3 is 0 Å². The number of carbonyl (C=O) groups is 1. The SMILES string of the molecule is O=C(CCc1ccccc1)Nc1ccc(CBr)cc1. The number of hydrogen-bond acceptors (Lipinski definition) is 1. The van der Waals surface area contributed by atoms with Crippen molar-refractivity contribution in [3.8, 4) is 0 Å². The van der Waals surface area contributed by atoms with Crippen molar-refractivity contribution in [3.63, 3.8) is 0 Å². The first-order valence-electron chi connectivity index (χ1n) is 6.26. The van der Waals surface area contributed by atoms with Gasteiger partial charge in [0.1, 0.15) is 0 Å². The minimum Gasteiger partial charge on any atom is -0.326 e. The maximum Gasteiger partial charge on any atom is 0.224 e. The van der Waals surface area contributed by atoms with Crippen molar-refractivity contribution in [1.29, 1.82) is 0 Å². The summed E-state index contributed by atoms with van der Waals surface area (Å²) in [5, 5.41) is 3.74. The summed E-state index contributed by atoms with van der Waals surface area (Å²) in [6.07, 6.45) is 1.27. The van der Waals surface area contributed by atoms with Crippen molar-refractivity contribution in [3.05, 3.63) is 65.7 Å². The van der Waals surface area contributed by atoms with Crippen LogP contribution in [0.2, 0.25) is 0 Å². The highest BCUT2D eigenvalue weighted by Crippen LogP contribution is 2.12. The van der Waals surface area contributed by atoms with Crippen molar-refractivity contribution >= 4 is 27.5 Å². The van der Waals surface area contributed by atoms with Gasteiger partial charge in [-0.05, 0) is 29.7 Å². The molecular weight excluding hydrogens is 302 g/mol. The first-order valence-corrected chi connectivity index (χ1v) is 7.39. The summed E-state index contributed by atoms with van der Waals surface area (Å²) in [6.45, 7) is 0. The van der Waals surface area contributed by atoms with Crippen LogP contribution in [-0.2, 0) is 16.5 Å². The number of nitrogens with one attached hydrogen (secondary N) is 1. The van der Waals surface area contributed by atoms with Crippen molar-refractivity contribution in [1.82, 2.24) is 0 Å². The van der Waals surface area contributed by atoms with Crippen LogP contribution in [0.15, 0.2) is 54.6 Å². The van der Waals surface area contributed by atoms with E-state index in [2.05, 4.69) is 21.2 Å². The lowest BCUT2D eigenvalue weighted by atomic mass is 10.1. The number of benzene rings is 2. The molecule has 0 aromatic heterocycles. The Hall–Kier alpha value is -1.61. The van der Waals surface area contributed by atoms with E-state index in [1.807, 2.05) is 54.6 Å². The fraction of sp³-hybridized carbons (Fsp3) is 0.188. The second-order valence-electron chi connectivity index (χ2n) is 4.36. The average Bonchev–Trinajstić information content (AvgIpc) is 2.47. The van der Waals surface area contributed by atoms with Gasteiger partial charge in [-0.25, -0.2) is 0 Å². The van der Waals surface area contributed by atoms with E-state index in [1.54, 1.807) is 0 Å². The summed E-state index contributed by atoms with van der Waals surface area (Å²) in [6, 6.07) is 17.9. The van der Waals surface area contributed by atoms with Crippen LogP contribution in [-0.4, -0.2) is 5.91 Å². The second-order valence-corrected chi connectivity index (χ2v) is 4.93. The van der Waals surface area contributed by atoms with E-state index in [1.165, 1.54) is 11.1 Å². The van der Waals surface area contributed by atoms with Crippen molar-refractivity contribution in [2.75, 3.05) is 5.32 Å². The molecule has 0 spiro atoms. The summed E-state index contributed by atoms with van der Waals surface area (Å²) in [4.78, 5) is 11.8. The largest absolute Gasteiger partial charge is 0.326 e. The molecular formula is C16H16BrNO. The molecule has 0 aliphatic heterocycles. The summed E-state index contributed by atoms with van der Waals surface area (Å²) in [5.74, 6) is 0.0513. The van der Waals surface area contributed by atoms with Crippen molar-refractivity contribution in [2.45, 2.75) is 18.2 Å². The Labute approximate surface area is 122 Å². The molecule has 1 amide bonds. The molecule has 3 heteroatoms. The van der Waals surface area contributed by atoms with Gasteiger partial charge in [-0.3, -0.25) is 4.79 Å². The van der Waals surface area contributed by atoms with Crippen molar-refractivity contribution < 1.29 is 4.79 Å². The summed E-state index contributed by atoms with van der Waals surface area (Å²) >= 11 is 3.40. The molecule has 1 N–H and O–H groups in total. The lowest BCUT2D eigenvalue weighted by Gasteiger charge is -2.06. The average molecular weight is 318 g/mol. The summed E-state index contributed by atoms with van der Waals surface area (Å²) in [7, 11) is 0. The monoisotopic (exact) mass is 317 g/mol. The number of carbonyl (C=O) groups excluding carboxylic acids is 1. The van der Waals surface area contributed by atoms with Gasteiger partial charge in [-0.2, -0.15) is 0 Å². The van der Waals surface area contributed by atoms with Crippen LogP contribution in [0.1, 0.15) is 17.5 Å². The van der Waals surface area contributed by atoms with Gasteiger partial charge in [0.25, 0.3) is 0 Å². The lowest BCUT2D eigenvalue weighted by molar-refractivity contribution is -0.116. The van der Waals surface area contributed by atoms with E-state index in [4.69, 9.17) is 0 Å². The third-order valence-corrected chi connectivity index (χ3v) is 3.52. The van der Waals surface area contributed by atoms with E-state index in [-0.39, 0.29) is 5.91 Å². The third-order valence-electron chi connectivity index (χ3n) is 2.88. The molecule has 0 saturated carbocycles. The van der Waals surface area contributed by atoms with Crippen LogP contribution >= 0.6 is 15.9 Å². The summed E-state index contributed by atoms with van der Waals surface area (Å²) < 4.78 is 0. The number of rotatable bonds is 5. The Bertz CT molecular complexity index is 522. The van der Waals surface area contributed by atoms with Gasteiger partial charge in [-0.1, -0.05) is 58.4 Å². The zero-order valence-electron chi connectivity index (χ0n) is 10.6. The molecule has 98 valence electrons. The van der Waals surface area contributed by atoms with E-state index in [9.17, 15) is 4.79 Å². The number of aryl methyl sites for hydroxylation is 1. The molecule has 0 atom stereocenters. The first-order chi connectivity index (χ1) is 9.28. The van der Waals surface area contributed by atoms with E-state index in [0.717, 1.165) is 17.4 Å². The number of anilines is 1. The number of amides is 1. The van der Waals surface area contributed by atoms with Crippen LogP contribution < -0.4 is 5.32 Å². The molecule has 0 saturated heterocycles. The zero-order valence-corrected chi connectivity index (χ0v) is 12.2. The minimum atomic E-state index is 0.0513. The summed E-state index contributed by atoms with van der Waals surface area (Å²) in [5.41, 5.74) is 3.23. The first kappa shape index (κ1) is 13.8. The Morgan fingerprint density at radius 2 is 1.63 bits per heavy atom. The smallest absolute Gasteiger partial charge is 0.224 e. The molecule has 0 aliphatic rings. The highest BCUT2D eigenvalue weighted by molar-refractivity contribution is 9.08. The predicted molar refractivity (Wildman–Crippen MR) is 82.5 cm³/mol. The van der Waals surface area contributed by atoms with Gasteiger partial charge in [0, 0.05) is 17.4 Å². The van der Waals surface area contributed by atoms with Gasteiger partial charge in [0.15, 0.2) is 0 Å². The number of alkyl halides is 1. The van der Waals surface area contributed by atoms with Crippen LogP contribution in [0.25, 0.3) is 0 Å². The van der Waals surface area contributed by atoms with E-state index >= 15 is 0 Å². The van der Waals surface area contributed by atoms with Gasteiger partial charge in [0.05, 0.1) is 0 Å². The number of hydrogen-bond donors (Lipinski definition) is 1. The van der Waals surface area contributed by atoms with Crippen LogP contribution in [0.4, 0.5) is 5.69 Å².